The van der Waals surface area contributed by atoms with E-state index in [-0.39, 0.29) is 23.4 Å². The number of hydrogen-bond acceptors (Lipinski definition) is 3. The van der Waals surface area contributed by atoms with Crippen LogP contribution in [0.2, 0.25) is 0 Å². The van der Waals surface area contributed by atoms with E-state index in [0.717, 1.165) is 19.3 Å². The molecule has 1 aliphatic heterocycles. The van der Waals surface area contributed by atoms with Crippen LogP contribution in [0.5, 0.6) is 0 Å². The summed E-state index contributed by atoms with van der Waals surface area (Å²) < 4.78 is 0. The maximum Gasteiger partial charge on any atom is 0.220 e. The minimum atomic E-state index is -0.348. The highest BCUT2D eigenvalue weighted by Crippen LogP contribution is 2.30. The molecule has 0 unspecified atom stereocenters. The maximum absolute atomic E-state index is 12.6. The van der Waals surface area contributed by atoms with Crippen LogP contribution < -0.4 is 10.6 Å². The van der Waals surface area contributed by atoms with Crippen LogP contribution in [-0.2, 0) is 22.4 Å². The van der Waals surface area contributed by atoms with Gasteiger partial charge < -0.3 is 10.6 Å². The molecule has 166 valence electrons. The highest BCUT2D eigenvalue weighted by Gasteiger charge is 2.37. The minimum absolute atomic E-state index is 0.0500. The third-order valence-corrected chi connectivity index (χ3v) is 7.06. The lowest BCUT2D eigenvalue weighted by molar-refractivity contribution is -0.123. The summed E-state index contributed by atoms with van der Waals surface area (Å²) in [6.45, 7) is 2.04. The van der Waals surface area contributed by atoms with Gasteiger partial charge in [-0.25, -0.2) is 0 Å². The van der Waals surface area contributed by atoms with Crippen molar-refractivity contribution in [3.63, 3.8) is 0 Å². The Morgan fingerprint density at radius 1 is 1.06 bits per heavy atom. The SMILES string of the molecule is C[C@@H](Cc1cccs1)NC(=O)CC[C@]1(Cc2ccc(-c3ccccc3)cc2)CCC(=O)N1. The van der Waals surface area contributed by atoms with Crippen LogP contribution in [0.4, 0.5) is 0 Å². The van der Waals surface area contributed by atoms with Gasteiger partial charge in [-0.15, -0.1) is 11.3 Å². The summed E-state index contributed by atoms with van der Waals surface area (Å²) in [5.41, 5.74) is 3.20. The first-order valence-electron chi connectivity index (χ1n) is 11.3. The van der Waals surface area contributed by atoms with E-state index in [1.165, 1.54) is 21.6 Å². The van der Waals surface area contributed by atoms with E-state index >= 15 is 0 Å². The topological polar surface area (TPSA) is 58.2 Å². The number of hydrogen-bond donors (Lipinski definition) is 2. The van der Waals surface area contributed by atoms with Gasteiger partial charge in [0.25, 0.3) is 0 Å². The van der Waals surface area contributed by atoms with Gasteiger partial charge >= 0.3 is 0 Å². The number of rotatable bonds is 9. The van der Waals surface area contributed by atoms with E-state index in [1.54, 1.807) is 11.3 Å². The summed E-state index contributed by atoms with van der Waals surface area (Å²) in [7, 11) is 0. The second-order valence-corrected chi connectivity index (χ2v) is 9.85. The van der Waals surface area contributed by atoms with Crippen LogP contribution in [0.1, 0.15) is 43.0 Å². The lowest BCUT2D eigenvalue weighted by atomic mass is 9.84. The van der Waals surface area contributed by atoms with Crippen molar-refractivity contribution in [2.75, 3.05) is 0 Å². The van der Waals surface area contributed by atoms with Gasteiger partial charge in [-0.2, -0.15) is 0 Å². The Morgan fingerprint density at radius 3 is 2.47 bits per heavy atom. The maximum atomic E-state index is 12.6. The molecule has 2 aromatic carbocycles. The van der Waals surface area contributed by atoms with Crippen LogP contribution in [0.25, 0.3) is 11.1 Å². The van der Waals surface area contributed by atoms with E-state index in [0.29, 0.717) is 19.3 Å². The highest BCUT2D eigenvalue weighted by molar-refractivity contribution is 7.09. The summed E-state index contributed by atoms with van der Waals surface area (Å²) in [4.78, 5) is 25.9. The first-order valence-corrected chi connectivity index (χ1v) is 12.2. The van der Waals surface area contributed by atoms with Crippen LogP contribution in [0, 0.1) is 0 Å². The lowest BCUT2D eigenvalue weighted by Crippen LogP contribution is -2.45. The molecule has 3 aromatic rings. The summed E-state index contributed by atoms with van der Waals surface area (Å²) >= 11 is 1.71. The first-order chi connectivity index (χ1) is 15.5. The van der Waals surface area contributed by atoms with Gasteiger partial charge in [0.1, 0.15) is 0 Å². The van der Waals surface area contributed by atoms with Crippen molar-refractivity contribution in [2.45, 2.75) is 57.0 Å². The average molecular weight is 447 g/mol. The highest BCUT2D eigenvalue weighted by atomic mass is 32.1. The van der Waals surface area contributed by atoms with Gasteiger partial charge in [-0.05, 0) is 54.3 Å². The van der Waals surface area contributed by atoms with Gasteiger partial charge in [-0.3, -0.25) is 9.59 Å². The van der Waals surface area contributed by atoms with Crippen molar-refractivity contribution in [1.82, 2.24) is 10.6 Å². The Balaban J connectivity index is 1.36. The van der Waals surface area contributed by atoms with Gasteiger partial charge in [0.2, 0.25) is 11.8 Å². The molecule has 2 atom stereocenters. The van der Waals surface area contributed by atoms with Gasteiger partial charge in [0.15, 0.2) is 0 Å². The molecule has 5 heteroatoms. The van der Waals surface area contributed by atoms with Gasteiger partial charge in [0.05, 0.1) is 0 Å². The predicted octanol–water partition coefficient (Wildman–Crippen LogP) is 5.13. The molecule has 0 bridgehead atoms. The molecular formula is C27H30N2O2S. The zero-order chi connectivity index (χ0) is 22.4. The zero-order valence-corrected chi connectivity index (χ0v) is 19.3. The normalized spacial score (nSPS) is 18.8. The van der Waals surface area contributed by atoms with Crippen LogP contribution in [0.3, 0.4) is 0 Å². The molecule has 0 saturated carbocycles. The lowest BCUT2D eigenvalue weighted by Gasteiger charge is -2.29. The number of benzene rings is 2. The number of nitrogens with one attached hydrogen (secondary N) is 2. The second kappa shape index (κ2) is 10.1. The van der Waals surface area contributed by atoms with Crippen LogP contribution in [-0.4, -0.2) is 23.4 Å². The smallest absolute Gasteiger partial charge is 0.220 e. The van der Waals surface area contributed by atoms with Crippen LogP contribution in [0.15, 0.2) is 72.1 Å². The molecule has 32 heavy (non-hydrogen) atoms. The Morgan fingerprint density at radius 2 is 1.81 bits per heavy atom. The molecule has 4 rings (SSSR count). The molecule has 1 fully saturated rings. The summed E-state index contributed by atoms with van der Waals surface area (Å²) in [6, 6.07) is 23.1. The monoisotopic (exact) mass is 446 g/mol. The fourth-order valence-electron chi connectivity index (χ4n) is 4.50. The van der Waals surface area contributed by atoms with Gasteiger partial charge in [-0.1, -0.05) is 60.7 Å². The minimum Gasteiger partial charge on any atom is -0.353 e. The molecule has 2 amide bonds. The number of amides is 2. The molecule has 2 heterocycles. The summed E-state index contributed by atoms with van der Waals surface area (Å²) in [5.74, 6) is 0.131. The number of carbonyl (C=O) groups excluding carboxylic acids is 2. The molecule has 0 spiro atoms. The molecule has 1 aromatic heterocycles. The fourth-order valence-corrected chi connectivity index (χ4v) is 5.34. The van der Waals surface area contributed by atoms with Gasteiger partial charge in [0, 0.05) is 35.7 Å². The van der Waals surface area contributed by atoms with E-state index in [4.69, 9.17) is 0 Å². The standard InChI is InChI=1S/C27H30N2O2S/c1-20(18-24-8-5-17-32-24)28-25(30)13-15-27(16-14-26(31)29-27)19-21-9-11-23(12-10-21)22-6-3-2-4-7-22/h2-12,17,20H,13-16,18-19H2,1H3,(H,28,30)(H,29,31)/t20-,27+/m0/s1. The third kappa shape index (κ3) is 5.86. The molecule has 0 aliphatic carbocycles. The summed E-state index contributed by atoms with van der Waals surface area (Å²) in [6.07, 6.45) is 3.95. The largest absolute Gasteiger partial charge is 0.353 e. The summed E-state index contributed by atoms with van der Waals surface area (Å²) in [5, 5.41) is 8.36. The van der Waals surface area contributed by atoms with Crippen molar-refractivity contribution in [1.29, 1.82) is 0 Å². The second-order valence-electron chi connectivity index (χ2n) is 8.82. The Bertz CT molecular complexity index is 1030. The quantitative estimate of drug-likeness (QED) is 0.478. The first kappa shape index (κ1) is 22.3. The van der Waals surface area contributed by atoms with Crippen molar-refractivity contribution in [3.8, 4) is 11.1 Å². The molecule has 0 radical (unpaired) electrons. The molecule has 2 N–H and O–H groups in total. The van der Waals surface area contributed by atoms with E-state index in [1.807, 2.05) is 31.2 Å². The van der Waals surface area contributed by atoms with Crippen molar-refractivity contribution in [3.05, 3.63) is 82.6 Å². The van der Waals surface area contributed by atoms with E-state index in [9.17, 15) is 9.59 Å². The van der Waals surface area contributed by atoms with Crippen molar-refractivity contribution < 1.29 is 9.59 Å². The Labute approximate surface area is 194 Å². The average Bonchev–Trinajstić information content (AvgIpc) is 3.43. The van der Waals surface area contributed by atoms with E-state index in [2.05, 4.69) is 58.5 Å². The Hall–Kier alpha value is -2.92. The Kier molecular flexibility index (Phi) is 7.05. The van der Waals surface area contributed by atoms with Crippen molar-refractivity contribution >= 4 is 23.2 Å². The number of carbonyl (C=O) groups is 2. The van der Waals surface area contributed by atoms with E-state index < -0.39 is 0 Å². The van der Waals surface area contributed by atoms with Crippen LogP contribution >= 0.6 is 11.3 Å². The fraction of sp³-hybridized carbons (Fsp3) is 0.333. The number of thiophene rings is 1. The third-order valence-electron chi connectivity index (χ3n) is 6.16. The molecule has 4 nitrogen and oxygen atoms in total. The van der Waals surface area contributed by atoms with Crippen molar-refractivity contribution in [2.24, 2.45) is 0 Å². The zero-order valence-electron chi connectivity index (χ0n) is 18.5. The predicted molar refractivity (Wildman–Crippen MR) is 131 cm³/mol. The molecular weight excluding hydrogens is 416 g/mol. The molecule has 1 saturated heterocycles. The molecule has 1 aliphatic rings.